The van der Waals surface area contributed by atoms with Crippen molar-refractivity contribution in [2.45, 2.75) is 244 Å². The quantitative estimate of drug-likeness (QED) is 0.0281. The molecule has 0 aliphatic carbocycles. The molecule has 8 nitrogen and oxygen atoms in total. The number of allylic oxidation sites excluding steroid dienone is 8. The number of aliphatic carboxylic acids is 1. The maximum absolute atomic E-state index is 12.8. The maximum Gasteiger partial charge on any atom is 0.362 e. The minimum atomic E-state index is -0.876. The predicted octanol–water partition coefficient (Wildman–Crippen LogP) is 15.1. The SMILES string of the molecule is CC/C=C\C/C=C\C/C=C\C/C=C\CCCCCCCCC(=O)OC(COCCC(C(=O)O)[N+](C)(C)C)COC(=O)CCCCCCCCCCCCCCCCCCCCCC. The molecule has 0 bridgehead atoms. The van der Waals surface area contributed by atoms with Crippen LogP contribution in [0.3, 0.4) is 0 Å². The third kappa shape index (κ3) is 44.3. The Morgan fingerprint density at radius 2 is 0.889 bits per heavy atom. The van der Waals surface area contributed by atoms with Gasteiger partial charge in [0.2, 0.25) is 0 Å². The van der Waals surface area contributed by atoms with Gasteiger partial charge in [0, 0.05) is 19.3 Å². The highest BCUT2D eigenvalue weighted by molar-refractivity contribution is 5.72. The molecule has 0 spiro atoms. The fourth-order valence-corrected chi connectivity index (χ4v) is 7.73. The first-order valence-corrected chi connectivity index (χ1v) is 26.2. The van der Waals surface area contributed by atoms with Crippen LogP contribution in [-0.4, -0.2) is 80.6 Å². The Bertz CT molecular complexity index is 1170. The average molecular weight is 887 g/mol. The van der Waals surface area contributed by atoms with Crippen LogP contribution in [0.2, 0.25) is 0 Å². The second kappa shape index (κ2) is 45.8. The number of quaternary nitrogens is 1. The highest BCUT2D eigenvalue weighted by Gasteiger charge is 2.31. The fourth-order valence-electron chi connectivity index (χ4n) is 7.73. The molecular weight excluding hydrogens is 787 g/mol. The van der Waals surface area contributed by atoms with Gasteiger partial charge in [0.15, 0.2) is 12.1 Å². The Balaban J connectivity index is 4.24. The van der Waals surface area contributed by atoms with Crippen LogP contribution in [0.5, 0.6) is 0 Å². The van der Waals surface area contributed by atoms with E-state index in [-0.39, 0.29) is 36.2 Å². The second-order valence-electron chi connectivity index (χ2n) is 18.8. The Morgan fingerprint density at radius 1 is 0.492 bits per heavy atom. The van der Waals surface area contributed by atoms with E-state index >= 15 is 0 Å². The summed E-state index contributed by atoms with van der Waals surface area (Å²) in [5.41, 5.74) is 0. The first-order chi connectivity index (χ1) is 30.6. The number of carbonyl (C=O) groups excluding carboxylic acids is 2. The molecule has 0 aromatic carbocycles. The Kier molecular flexibility index (Phi) is 43.9. The van der Waals surface area contributed by atoms with Crippen molar-refractivity contribution in [2.75, 3.05) is 41.0 Å². The van der Waals surface area contributed by atoms with Crippen LogP contribution in [0.1, 0.15) is 232 Å². The van der Waals surface area contributed by atoms with Crippen molar-refractivity contribution in [3.63, 3.8) is 0 Å². The van der Waals surface area contributed by atoms with E-state index in [1.165, 1.54) is 122 Å². The van der Waals surface area contributed by atoms with Crippen LogP contribution in [0, 0.1) is 0 Å². The van der Waals surface area contributed by atoms with E-state index in [4.69, 9.17) is 14.2 Å². The minimum absolute atomic E-state index is 0.0548. The Hall–Kier alpha value is -2.71. The molecule has 0 aromatic rings. The highest BCUT2D eigenvalue weighted by atomic mass is 16.6. The topological polar surface area (TPSA) is 99.1 Å². The van der Waals surface area contributed by atoms with Gasteiger partial charge < -0.3 is 23.8 Å². The molecule has 2 unspecified atom stereocenters. The van der Waals surface area contributed by atoms with Crippen LogP contribution in [0.25, 0.3) is 0 Å². The number of hydrogen-bond donors (Lipinski definition) is 1. The van der Waals surface area contributed by atoms with E-state index < -0.39 is 18.1 Å². The van der Waals surface area contributed by atoms with Gasteiger partial charge in [-0.05, 0) is 51.4 Å². The van der Waals surface area contributed by atoms with Gasteiger partial charge in [-0.25, -0.2) is 4.79 Å². The number of ether oxygens (including phenoxy) is 3. The van der Waals surface area contributed by atoms with Crippen molar-refractivity contribution in [3.8, 4) is 0 Å². The van der Waals surface area contributed by atoms with Crippen LogP contribution < -0.4 is 0 Å². The van der Waals surface area contributed by atoms with Gasteiger partial charge in [0.1, 0.15) is 6.61 Å². The van der Waals surface area contributed by atoms with Gasteiger partial charge in [-0.3, -0.25) is 9.59 Å². The molecule has 63 heavy (non-hydrogen) atoms. The number of carboxylic acids is 1. The summed E-state index contributed by atoms with van der Waals surface area (Å²) in [7, 11) is 5.53. The zero-order valence-electron chi connectivity index (χ0n) is 41.8. The fraction of sp³-hybridized carbons (Fsp3) is 0.800. The van der Waals surface area contributed by atoms with Crippen LogP contribution in [0.4, 0.5) is 0 Å². The lowest BCUT2D eigenvalue weighted by Gasteiger charge is -2.31. The smallest absolute Gasteiger partial charge is 0.362 e. The molecule has 0 heterocycles. The van der Waals surface area contributed by atoms with E-state index in [0.717, 1.165) is 77.0 Å². The van der Waals surface area contributed by atoms with Gasteiger partial charge in [-0.15, -0.1) is 0 Å². The summed E-state index contributed by atoms with van der Waals surface area (Å²) in [6.45, 7) is 4.64. The zero-order valence-corrected chi connectivity index (χ0v) is 41.8. The summed E-state index contributed by atoms with van der Waals surface area (Å²) in [5, 5.41) is 9.66. The molecule has 366 valence electrons. The van der Waals surface area contributed by atoms with Gasteiger partial charge >= 0.3 is 17.9 Å². The van der Waals surface area contributed by atoms with Gasteiger partial charge in [0.25, 0.3) is 0 Å². The molecule has 1 N–H and O–H groups in total. The van der Waals surface area contributed by atoms with Crippen LogP contribution in [-0.2, 0) is 28.6 Å². The number of carbonyl (C=O) groups is 3. The number of rotatable bonds is 47. The zero-order chi connectivity index (χ0) is 46.3. The molecule has 0 aromatic heterocycles. The molecule has 0 saturated heterocycles. The van der Waals surface area contributed by atoms with Gasteiger partial charge in [-0.1, -0.05) is 210 Å². The van der Waals surface area contributed by atoms with Crippen molar-refractivity contribution in [1.29, 1.82) is 0 Å². The normalized spacial score (nSPS) is 13.2. The molecule has 8 heteroatoms. The Labute approximate surface area is 388 Å². The number of hydrogen-bond acceptors (Lipinski definition) is 6. The van der Waals surface area contributed by atoms with E-state index in [1.54, 1.807) is 0 Å². The second-order valence-corrected chi connectivity index (χ2v) is 18.8. The number of likely N-dealkylation sites (N-methyl/N-ethyl adjacent to an activating group) is 1. The standard InChI is InChI=1S/C55H99NO7/c1-6-8-10-12-14-16-18-20-22-24-26-28-29-31-33-35-37-39-41-43-45-53(57)62-50-51(49-61-48-47-52(55(59)60)56(3,4)5)63-54(58)46-44-42-40-38-36-34-32-30-27-25-23-21-19-17-15-13-11-9-7-2/h9,11,15,17,21,23,27,30,51-52H,6-8,10,12-14,16,18-20,22,24-26,28-29,31-50H2,1-5H3/p+1/b11-9-,17-15-,23-21-,30-27-. The van der Waals surface area contributed by atoms with Crippen molar-refractivity contribution >= 4 is 17.9 Å². The highest BCUT2D eigenvalue weighted by Crippen LogP contribution is 2.16. The lowest BCUT2D eigenvalue weighted by molar-refractivity contribution is -0.887. The summed E-state index contributed by atoms with van der Waals surface area (Å²) in [5.74, 6) is -1.47. The summed E-state index contributed by atoms with van der Waals surface area (Å²) in [6, 6.07) is -0.618. The molecule has 0 radical (unpaired) electrons. The number of unbranched alkanes of at least 4 members (excludes halogenated alkanes) is 25. The summed E-state index contributed by atoms with van der Waals surface area (Å²) in [4.78, 5) is 37.2. The molecule has 0 aliphatic rings. The first kappa shape index (κ1) is 60.3. The molecule has 2 atom stereocenters. The van der Waals surface area contributed by atoms with Crippen LogP contribution >= 0.6 is 0 Å². The molecule has 0 aliphatic heterocycles. The average Bonchev–Trinajstić information content (AvgIpc) is 3.24. The number of esters is 2. The lowest BCUT2D eigenvalue weighted by Crippen LogP contribution is -2.50. The lowest BCUT2D eigenvalue weighted by atomic mass is 10.0. The minimum Gasteiger partial charge on any atom is -0.477 e. The monoisotopic (exact) mass is 887 g/mol. The third-order valence-corrected chi connectivity index (χ3v) is 11.7. The van der Waals surface area contributed by atoms with E-state index in [9.17, 15) is 19.5 Å². The van der Waals surface area contributed by atoms with Gasteiger partial charge in [0.05, 0.1) is 34.4 Å². The number of nitrogens with zero attached hydrogens (tertiary/aromatic N) is 1. The third-order valence-electron chi connectivity index (χ3n) is 11.7. The van der Waals surface area contributed by atoms with Crippen molar-refractivity contribution < 1.29 is 38.2 Å². The Morgan fingerprint density at radius 3 is 1.32 bits per heavy atom. The molecule has 0 saturated carbocycles. The summed E-state index contributed by atoms with van der Waals surface area (Å²) < 4.78 is 17.4. The van der Waals surface area contributed by atoms with Crippen molar-refractivity contribution in [1.82, 2.24) is 0 Å². The molecule has 0 fully saturated rings. The van der Waals surface area contributed by atoms with Crippen molar-refractivity contribution in [2.24, 2.45) is 0 Å². The van der Waals surface area contributed by atoms with Crippen molar-refractivity contribution in [3.05, 3.63) is 48.6 Å². The summed E-state index contributed by atoms with van der Waals surface area (Å²) >= 11 is 0. The van der Waals surface area contributed by atoms with Crippen LogP contribution in [0.15, 0.2) is 48.6 Å². The van der Waals surface area contributed by atoms with E-state index in [0.29, 0.717) is 19.3 Å². The maximum atomic E-state index is 12.8. The molecular formula is C55H100NO7+. The largest absolute Gasteiger partial charge is 0.477 e. The van der Waals surface area contributed by atoms with E-state index in [2.05, 4.69) is 62.5 Å². The predicted molar refractivity (Wildman–Crippen MR) is 266 cm³/mol. The van der Waals surface area contributed by atoms with E-state index in [1.807, 2.05) is 21.1 Å². The number of carboxylic acid groups (broad SMARTS) is 1. The molecule has 0 amide bonds. The van der Waals surface area contributed by atoms with Gasteiger partial charge in [-0.2, -0.15) is 0 Å². The first-order valence-electron chi connectivity index (χ1n) is 26.2. The molecule has 0 rings (SSSR count). The summed E-state index contributed by atoms with van der Waals surface area (Å²) in [6.07, 6.45) is 55.9.